The van der Waals surface area contributed by atoms with E-state index in [4.69, 9.17) is 4.74 Å². The predicted molar refractivity (Wildman–Crippen MR) is 47.1 cm³/mol. The number of esters is 1. The van der Waals surface area contributed by atoms with E-state index >= 15 is 0 Å². The largest absolute Gasteiger partial charge is 0.457 e. The molecule has 0 bridgehead atoms. The minimum Gasteiger partial charge on any atom is -0.457 e. The molecule has 0 radical (unpaired) electrons. The van der Waals surface area contributed by atoms with Crippen LogP contribution in [0.15, 0.2) is 0 Å². The van der Waals surface area contributed by atoms with E-state index in [0.29, 0.717) is 0 Å². The zero-order chi connectivity index (χ0) is 10.9. The summed E-state index contributed by atoms with van der Waals surface area (Å²) in [6.45, 7) is 7.27. The fourth-order valence-electron chi connectivity index (χ4n) is 0.521. The van der Waals surface area contributed by atoms with E-state index in [1.807, 2.05) is 0 Å². The predicted octanol–water partition coefficient (Wildman–Crippen LogP) is 0.668. The number of ketones is 1. The summed E-state index contributed by atoms with van der Waals surface area (Å²) in [5, 5.41) is 9.40. The number of hydrogen-bond donors (Lipinski definition) is 1. The summed E-state index contributed by atoms with van der Waals surface area (Å²) in [5.74, 6) is -1.53. The third-order valence-electron chi connectivity index (χ3n) is 1.48. The Hall–Kier alpha value is -0.900. The number of carbonyl (C=O) groups excluding carboxylic acids is 2. The molecule has 0 rings (SSSR count). The van der Waals surface area contributed by atoms with Crippen LogP contribution in [0.2, 0.25) is 0 Å². The molecule has 0 aromatic rings. The Morgan fingerprint density at radius 1 is 1.15 bits per heavy atom. The highest BCUT2D eigenvalue weighted by atomic mass is 16.6. The molecule has 0 aliphatic carbocycles. The van der Waals surface area contributed by atoms with Crippen molar-refractivity contribution in [1.82, 2.24) is 0 Å². The highest BCUT2D eigenvalue weighted by molar-refractivity contribution is 6.05. The molecule has 4 nitrogen and oxygen atoms in total. The maximum Gasteiger partial charge on any atom is 0.346 e. The number of ether oxygens (including phenoxy) is 1. The minimum absolute atomic E-state index is 0.623. The van der Waals surface area contributed by atoms with Crippen molar-refractivity contribution in [2.75, 3.05) is 0 Å². The molecule has 0 saturated heterocycles. The van der Waals surface area contributed by atoms with Crippen molar-refractivity contribution in [2.45, 2.75) is 45.8 Å². The smallest absolute Gasteiger partial charge is 0.346 e. The lowest BCUT2D eigenvalue weighted by Crippen LogP contribution is -2.46. The molecule has 76 valence electrons. The van der Waals surface area contributed by atoms with Crippen molar-refractivity contribution in [1.29, 1.82) is 0 Å². The quantitative estimate of drug-likeness (QED) is 0.511. The Labute approximate surface area is 77.9 Å². The summed E-state index contributed by atoms with van der Waals surface area (Å²) in [7, 11) is 0. The second-order valence-electron chi connectivity index (χ2n) is 4.13. The second-order valence-corrected chi connectivity index (χ2v) is 4.13. The first-order valence-electron chi connectivity index (χ1n) is 4.04. The van der Waals surface area contributed by atoms with E-state index in [9.17, 15) is 14.7 Å². The highest BCUT2D eigenvalue weighted by Gasteiger charge is 2.39. The molecule has 1 N–H and O–H groups in total. The van der Waals surface area contributed by atoms with Crippen LogP contribution in [0, 0.1) is 0 Å². The number of aliphatic hydroxyl groups is 1. The van der Waals surface area contributed by atoms with Gasteiger partial charge < -0.3 is 9.84 Å². The molecule has 0 heterocycles. The summed E-state index contributed by atoms with van der Waals surface area (Å²) < 4.78 is 4.85. The van der Waals surface area contributed by atoms with Crippen LogP contribution in [-0.4, -0.2) is 28.1 Å². The van der Waals surface area contributed by atoms with Gasteiger partial charge in [0.25, 0.3) is 0 Å². The fourth-order valence-corrected chi connectivity index (χ4v) is 0.521. The van der Waals surface area contributed by atoms with Crippen molar-refractivity contribution >= 4 is 11.8 Å². The Kier molecular flexibility index (Phi) is 3.22. The van der Waals surface area contributed by atoms with Crippen LogP contribution in [0.3, 0.4) is 0 Å². The summed E-state index contributed by atoms with van der Waals surface area (Å²) in [6, 6.07) is 0. The van der Waals surface area contributed by atoms with Crippen molar-refractivity contribution in [3.63, 3.8) is 0 Å². The molecule has 0 unspecified atom stereocenters. The lowest BCUT2D eigenvalue weighted by Gasteiger charge is -2.25. The minimum atomic E-state index is -2.03. The lowest BCUT2D eigenvalue weighted by atomic mass is 10.0. The summed E-state index contributed by atoms with van der Waals surface area (Å²) in [4.78, 5) is 22.1. The molecule has 0 saturated carbocycles. The second kappa shape index (κ2) is 3.46. The van der Waals surface area contributed by atoms with Crippen LogP contribution in [0.5, 0.6) is 0 Å². The first-order chi connectivity index (χ1) is 5.57. The van der Waals surface area contributed by atoms with Crippen molar-refractivity contribution in [3.8, 4) is 0 Å². The van der Waals surface area contributed by atoms with Crippen molar-refractivity contribution < 1.29 is 19.4 Å². The molecule has 4 heteroatoms. The van der Waals surface area contributed by atoms with Gasteiger partial charge in [-0.1, -0.05) is 0 Å². The highest BCUT2D eigenvalue weighted by Crippen LogP contribution is 2.14. The Balaban J connectivity index is 4.53. The molecule has 0 aliphatic heterocycles. The fraction of sp³-hybridized carbons (Fsp3) is 0.778. The Morgan fingerprint density at radius 2 is 1.54 bits per heavy atom. The van der Waals surface area contributed by atoms with Crippen LogP contribution in [0.1, 0.15) is 34.6 Å². The van der Waals surface area contributed by atoms with Gasteiger partial charge in [0.05, 0.1) is 0 Å². The van der Waals surface area contributed by atoms with E-state index in [2.05, 4.69) is 0 Å². The van der Waals surface area contributed by atoms with Crippen molar-refractivity contribution in [3.05, 3.63) is 0 Å². The molecule has 0 aliphatic rings. The van der Waals surface area contributed by atoms with Gasteiger partial charge in [0.1, 0.15) is 5.60 Å². The maximum atomic E-state index is 11.2. The third-order valence-corrected chi connectivity index (χ3v) is 1.48. The number of carbonyl (C=O) groups is 2. The van der Waals surface area contributed by atoms with E-state index in [-0.39, 0.29) is 0 Å². The lowest BCUT2D eigenvalue weighted by molar-refractivity contribution is -0.177. The van der Waals surface area contributed by atoms with Gasteiger partial charge in [-0.05, 0) is 34.6 Å². The first-order valence-corrected chi connectivity index (χ1v) is 4.04. The first kappa shape index (κ1) is 12.1. The summed E-state index contributed by atoms with van der Waals surface area (Å²) in [5.41, 5.74) is -2.73. The number of Topliss-reactive ketones (excluding diaryl/α,β-unsaturated/α-hetero) is 1. The number of rotatable bonds is 2. The van der Waals surface area contributed by atoms with Gasteiger partial charge in [-0.3, -0.25) is 4.79 Å². The van der Waals surface area contributed by atoms with Crippen molar-refractivity contribution in [2.24, 2.45) is 0 Å². The zero-order valence-corrected chi connectivity index (χ0v) is 8.67. The number of hydrogen-bond acceptors (Lipinski definition) is 4. The van der Waals surface area contributed by atoms with E-state index in [0.717, 1.165) is 13.8 Å². The summed E-state index contributed by atoms with van der Waals surface area (Å²) >= 11 is 0. The van der Waals surface area contributed by atoms with E-state index in [1.165, 1.54) is 0 Å². The molecule has 0 aromatic carbocycles. The SMILES string of the molecule is CC(=O)[C@](C)(O)C(=O)OC(C)(C)C. The Bertz CT molecular complexity index is 222. The molecule has 0 spiro atoms. The summed E-state index contributed by atoms with van der Waals surface area (Å²) in [6.07, 6.45) is 0. The molecule has 1 atom stereocenters. The topological polar surface area (TPSA) is 63.6 Å². The Morgan fingerprint density at radius 3 is 1.77 bits per heavy atom. The van der Waals surface area contributed by atoms with Gasteiger partial charge in [-0.15, -0.1) is 0 Å². The molecular formula is C9H16O4. The van der Waals surface area contributed by atoms with Crippen LogP contribution in [0.25, 0.3) is 0 Å². The normalized spacial score (nSPS) is 16.2. The van der Waals surface area contributed by atoms with Gasteiger partial charge in [0.2, 0.25) is 5.60 Å². The standard InChI is InChI=1S/C9H16O4/c1-6(10)9(5,12)7(11)13-8(2,3)4/h12H,1-5H3/t9-/m0/s1. The zero-order valence-electron chi connectivity index (χ0n) is 8.67. The molecule has 0 amide bonds. The average Bonchev–Trinajstić information content (AvgIpc) is 1.82. The van der Waals surface area contributed by atoms with E-state index in [1.54, 1.807) is 20.8 Å². The molecule has 0 aromatic heterocycles. The maximum absolute atomic E-state index is 11.2. The van der Waals surface area contributed by atoms with Crippen LogP contribution in [-0.2, 0) is 14.3 Å². The van der Waals surface area contributed by atoms with Gasteiger partial charge in [0.15, 0.2) is 5.78 Å². The average molecular weight is 188 g/mol. The van der Waals surface area contributed by atoms with Gasteiger partial charge in [0, 0.05) is 0 Å². The monoisotopic (exact) mass is 188 g/mol. The van der Waals surface area contributed by atoms with E-state index < -0.39 is 23.0 Å². The van der Waals surface area contributed by atoms with Crippen LogP contribution < -0.4 is 0 Å². The van der Waals surface area contributed by atoms with Gasteiger partial charge in [-0.2, -0.15) is 0 Å². The third kappa shape index (κ3) is 3.55. The molecule has 0 fully saturated rings. The van der Waals surface area contributed by atoms with Crippen LogP contribution >= 0.6 is 0 Å². The van der Waals surface area contributed by atoms with Crippen LogP contribution in [0.4, 0.5) is 0 Å². The molecule has 13 heavy (non-hydrogen) atoms. The van der Waals surface area contributed by atoms with Gasteiger partial charge >= 0.3 is 5.97 Å². The van der Waals surface area contributed by atoms with Gasteiger partial charge in [-0.25, -0.2) is 4.79 Å². The molecular weight excluding hydrogens is 172 g/mol.